The summed E-state index contributed by atoms with van der Waals surface area (Å²) in [6.45, 7) is 6.40. The second-order valence-corrected chi connectivity index (χ2v) is 4.45. The number of halogens is 1. The molecule has 1 rings (SSSR count). The van der Waals surface area contributed by atoms with Gasteiger partial charge in [-0.3, -0.25) is 0 Å². The van der Waals surface area contributed by atoms with Crippen LogP contribution in [-0.4, -0.2) is 37.0 Å². The van der Waals surface area contributed by atoms with E-state index in [-0.39, 0.29) is 24.5 Å². The van der Waals surface area contributed by atoms with Crippen LogP contribution in [0.5, 0.6) is 0 Å². The number of hydrogen-bond donors (Lipinski definition) is 2. The number of hydrogen-bond acceptors (Lipinski definition) is 4. The lowest BCUT2D eigenvalue weighted by molar-refractivity contribution is 0.0496. The molecule has 0 spiro atoms. The van der Waals surface area contributed by atoms with E-state index in [1.807, 2.05) is 20.8 Å². The number of carbonyl (C=O) groups is 1. The predicted molar refractivity (Wildman–Crippen MR) is 59.2 cm³/mol. The van der Waals surface area contributed by atoms with Gasteiger partial charge in [0, 0.05) is 0 Å². The molecule has 1 fully saturated rings. The van der Waals surface area contributed by atoms with Crippen molar-refractivity contribution in [1.82, 2.24) is 5.32 Å². The zero-order chi connectivity index (χ0) is 10.8. The Kier molecular flexibility index (Phi) is 5.34. The normalized spacial score (nSPS) is 25.6. The number of alkyl carbamates (subject to hydrolysis) is 1. The first-order chi connectivity index (χ1) is 6.38. The Morgan fingerprint density at radius 1 is 1.47 bits per heavy atom. The monoisotopic (exact) mass is 238 g/mol. The second kappa shape index (κ2) is 5.53. The van der Waals surface area contributed by atoms with Crippen molar-refractivity contribution in [2.24, 2.45) is 5.73 Å². The molecule has 1 saturated heterocycles. The van der Waals surface area contributed by atoms with Crippen LogP contribution in [0.15, 0.2) is 0 Å². The van der Waals surface area contributed by atoms with Crippen LogP contribution in [0.1, 0.15) is 20.8 Å². The molecule has 0 bridgehead atoms. The van der Waals surface area contributed by atoms with Crippen LogP contribution in [-0.2, 0) is 9.47 Å². The first-order valence-corrected chi connectivity index (χ1v) is 4.71. The molecular formula is C9H19ClN2O3. The topological polar surface area (TPSA) is 73.6 Å². The summed E-state index contributed by atoms with van der Waals surface area (Å²) in [5, 5.41) is 2.67. The van der Waals surface area contributed by atoms with Crippen molar-refractivity contribution in [2.75, 3.05) is 13.2 Å². The molecule has 0 unspecified atom stereocenters. The minimum atomic E-state index is -0.479. The Labute approximate surface area is 96.1 Å². The Hall–Kier alpha value is -0.520. The Morgan fingerprint density at radius 2 is 2.07 bits per heavy atom. The molecule has 0 aromatic carbocycles. The van der Waals surface area contributed by atoms with Crippen molar-refractivity contribution in [3.63, 3.8) is 0 Å². The van der Waals surface area contributed by atoms with E-state index < -0.39 is 11.7 Å². The van der Waals surface area contributed by atoms with Gasteiger partial charge in [-0.05, 0) is 20.8 Å². The Morgan fingerprint density at radius 3 is 2.47 bits per heavy atom. The average molecular weight is 239 g/mol. The van der Waals surface area contributed by atoms with Crippen molar-refractivity contribution in [2.45, 2.75) is 38.5 Å². The molecule has 0 aromatic heterocycles. The number of nitrogens with two attached hydrogens (primary N) is 1. The van der Waals surface area contributed by atoms with Crippen LogP contribution >= 0.6 is 12.4 Å². The molecule has 0 saturated carbocycles. The van der Waals surface area contributed by atoms with Crippen molar-refractivity contribution in [3.05, 3.63) is 0 Å². The highest BCUT2D eigenvalue weighted by atomic mass is 35.5. The van der Waals surface area contributed by atoms with Crippen molar-refractivity contribution < 1.29 is 14.3 Å². The number of nitrogens with one attached hydrogen (secondary N) is 1. The summed E-state index contributed by atoms with van der Waals surface area (Å²) in [5.74, 6) is 0. The molecule has 5 nitrogen and oxygen atoms in total. The summed E-state index contributed by atoms with van der Waals surface area (Å²) >= 11 is 0. The quantitative estimate of drug-likeness (QED) is 0.704. The Bertz CT molecular complexity index is 218. The maximum absolute atomic E-state index is 11.3. The summed E-state index contributed by atoms with van der Waals surface area (Å²) in [4.78, 5) is 11.3. The van der Waals surface area contributed by atoms with Gasteiger partial charge in [-0.25, -0.2) is 4.79 Å². The minimum Gasteiger partial charge on any atom is -0.444 e. The SMILES string of the molecule is CC(C)(C)OC(=O)N[C@H]1COC[C@@H]1N.Cl. The third-order valence-corrected chi connectivity index (χ3v) is 1.83. The number of amides is 1. The molecular weight excluding hydrogens is 220 g/mol. The van der Waals surface area contributed by atoms with Crippen molar-refractivity contribution >= 4 is 18.5 Å². The van der Waals surface area contributed by atoms with Gasteiger partial charge >= 0.3 is 6.09 Å². The van der Waals surface area contributed by atoms with Gasteiger partial charge in [-0.2, -0.15) is 0 Å². The third kappa shape index (κ3) is 5.20. The average Bonchev–Trinajstić information content (AvgIpc) is 2.32. The highest BCUT2D eigenvalue weighted by Gasteiger charge is 2.28. The molecule has 1 heterocycles. The molecule has 6 heteroatoms. The summed E-state index contributed by atoms with van der Waals surface area (Å²) in [5.41, 5.74) is 5.22. The van der Waals surface area contributed by atoms with Crippen LogP contribution in [0.25, 0.3) is 0 Å². The lowest BCUT2D eigenvalue weighted by atomic mass is 10.2. The van der Waals surface area contributed by atoms with Gasteiger partial charge in [-0.15, -0.1) is 12.4 Å². The van der Waals surface area contributed by atoms with E-state index in [1.54, 1.807) is 0 Å². The Balaban J connectivity index is 0.00000196. The lowest BCUT2D eigenvalue weighted by Crippen LogP contribution is -2.48. The van der Waals surface area contributed by atoms with E-state index in [0.717, 1.165) is 0 Å². The lowest BCUT2D eigenvalue weighted by Gasteiger charge is -2.22. The molecule has 1 amide bonds. The standard InChI is InChI=1S/C9H18N2O3.ClH/c1-9(2,3)14-8(12)11-7-5-13-4-6(7)10;/h6-7H,4-5,10H2,1-3H3,(H,11,12);1H/t6-,7-;/m0./s1. The van der Waals surface area contributed by atoms with Gasteiger partial charge in [0.15, 0.2) is 0 Å². The summed E-state index contributed by atoms with van der Waals surface area (Å²) in [6, 6.07) is -0.271. The third-order valence-electron chi connectivity index (χ3n) is 1.83. The second-order valence-electron chi connectivity index (χ2n) is 4.45. The van der Waals surface area contributed by atoms with Crippen molar-refractivity contribution in [3.8, 4) is 0 Å². The van der Waals surface area contributed by atoms with Crippen LogP contribution in [0, 0.1) is 0 Å². The van der Waals surface area contributed by atoms with E-state index in [0.29, 0.717) is 13.2 Å². The minimum absolute atomic E-state index is 0. The molecule has 0 radical (unpaired) electrons. The molecule has 0 aromatic rings. The first-order valence-electron chi connectivity index (χ1n) is 4.71. The van der Waals surface area contributed by atoms with Gasteiger partial charge in [0.25, 0.3) is 0 Å². The number of ether oxygens (including phenoxy) is 2. The van der Waals surface area contributed by atoms with E-state index in [9.17, 15) is 4.79 Å². The molecule has 0 aliphatic carbocycles. The van der Waals surface area contributed by atoms with Gasteiger partial charge in [0.05, 0.1) is 25.3 Å². The molecule has 1 aliphatic rings. The molecule has 1 aliphatic heterocycles. The van der Waals surface area contributed by atoms with Crippen molar-refractivity contribution in [1.29, 1.82) is 0 Å². The maximum atomic E-state index is 11.3. The van der Waals surface area contributed by atoms with Crippen LogP contribution < -0.4 is 11.1 Å². The molecule has 2 atom stereocenters. The number of rotatable bonds is 1. The van der Waals surface area contributed by atoms with Crippen LogP contribution in [0.2, 0.25) is 0 Å². The molecule has 3 N–H and O–H groups in total. The van der Waals surface area contributed by atoms with Gasteiger partial charge in [0.2, 0.25) is 0 Å². The zero-order valence-electron chi connectivity index (χ0n) is 9.28. The highest BCUT2D eigenvalue weighted by molar-refractivity contribution is 5.85. The fourth-order valence-electron chi connectivity index (χ4n) is 1.18. The van der Waals surface area contributed by atoms with E-state index in [4.69, 9.17) is 15.2 Å². The highest BCUT2D eigenvalue weighted by Crippen LogP contribution is 2.08. The summed E-state index contributed by atoms with van der Waals surface area (Å²) in [6.07, 6.45) is -0.441. The predicted octanol–water partition coefficient (Wildman–Crippen LogP) is 0.659. The van der Waals surface area contributed by atoms with E-state index in [2.05, 4.69) is 5.32 Å². The van der Waals surface area contributed by atoms with Crippen LogP contribution in [0.4, 0.5) is 4.79 Å². The van der Waals surface area contributed by atoms with E-state index in [1.165, 1.54) is 0 Å². The van der Waals surface area contributed by atoms with Crippen LogP contribution in [0.3, 0.4) is 0 Å². The first kappa shape index (κ1) is 14.5. The van der Waals surface area contributed by atoms with Gasteiger partial charge in [0.1, 0.15) is 5.60 Å². The maximum Gasteiger partial charge on any atom is 0.408 e. The fraction of sp³-hybridized carbons (Fsp3) is 0.889. The number of carbonyl (C=O) groups excluding carboxylic acids is 1. The smallest absolute Gasteiger partial charge is 0.408 e. The molecule has 15 heavy (non-hydrogen) atoms. The van der Waals surface area contributed by atoms with Gasteiger partial charge < -0.3 is 20.5 Å². The van der Waals surface area contributed by atoms with E-state index >= 15 is 0 Å². The largest absolute Gasteiger partial charge is 0.444 e. The zero-order valence-corrected chi connectivity index (χ0v) is 10.1. The molecule has 90 valence electrons. The fourth-order valence-corrected chi connectivity index (χ4v) is 1.18. The summed E-state index contributed by atoms with van der Waals surface area (Å²) < 4.78 is 10.2. The van der Waals surface area contributed by atoms with Gasteiger partial charge in [-0.1, -0.05) is 0 Å². The summed E-state index contributed by atoms with van der Waals surface area (Å²) in [7, 11) is 0.